The van der Waals surface area contributed by atoms with Gasteiger partial charge in [0.25, 0.3) is 0 Å². The third-order valence-corrected chi connectivity index (χ3v) is 4.45. The van der Waals surface area contributed by atoms with E-state index in [1.165, 1.54) is 0 Å². The van der Waals surface area contributed by atoms with Gasteiger partial charge in [0.05, 0.1) is 26.7 Å². The van der Waals surface area contributed by atoms with Gasteiger partial charge in [-0.15, -0.1) is 0 Å². The molecule has 1 heterocycles. The van der Waals surface area contributed by atoms with Crippen molar-refractivity contribution in [1.82, 2.24) is 5.32 Å². The van der Waals surface area contributed by atoms with E-state index in [0.29, 0.717) is 11.5 Å². The average molecular weight is 344 g/mol. The highest BCUT2D eigenvalue weighted by atomic mass is 16.5. The van der Waals surface area contributed by atoms with Crippen molar-refractivity contribution in [3.8, 4) is 17.6 Å². The fourth-order valence-corrected chi connectivity index (χ4v) is 2.96. The second-order valence-electron chi connectivity index (χ2n) is 6.08. The smallest absolute Gasteiger partial charge is 0.244 e. The molecule has 1 fully saturated rings. The Kier molecular flexibility index (Phi) is 7.30. The van der Waals surface area contributed by atoms with Crippen molar-refractivity contribution in [2.24, 2.45) is 0 Å². The van der Waals surface area contributed by atoms with E-state index in [1.54, 1.807) is 36.3 Å². The average Bonchev–Trinajstić information content (AvgIpc) is 2.65. The van der Waals surface area contributed by atoms with Crippen molar-refractivity contribution >= 4 is 12.0 Å². The van der Waals surface area contributed by atoms with E-state index in [9.17, 15) is 4.79 Å². The number of rotatable bonds is 7. The molecule has 0 unspecified atom stereocenters. The van der Waals surface area contributed by atoms with E-state index in [1.807, 2.05) is 12.1 Å². The molecule has 0 radical (unpaired) electrons. The first-order valence-electron chi connectivity index (χ1n) is 8.66. The summed E-state index contributed by atoms with van der Waals surface area (Å²) < 4.78 is 10.5. The lowest BCUT2D eigenvalue weighted by Crippen LogP contribution is -3.13. The third kappa shape index (κ3) is 5.80. The highest BCUT2D eigenvalue weighted by Gasteiger charge is 2.21. The van der Waals surface area contributed by atoms with Gasteiger partial charge in [0.15, 0.2) is 18.1 Å². The van der Waals surface area contributed by atoms with Crippen molar-refractivity contribution < 1.29 is 19.2 Å². The van der Waals surface area contributed by atoms with E-state index in [0.717, 1.165) is 38.0 Å². The van der Waals surface area contributed by atoms with Crippen LogP contribution in [0.5, 0.6) is 11.5 Å². The number of ether oxygens (including phenoxy) is 2. The van der Waals surface area contributed by atoms with E-state index in [-0.39, 0.29) is 18.6 Å². The van der Waals surface area contributed by atoms with E-state index in [2.05, 4.69) is 12.2 Å². The van der Waals surface area contributed by atoms with Crippen LogP contribution in [0.15, 0.2) is 24.3 Å². The Morgan fingerprint density at radius 1 is 1.40 bits per heavy atom. The first kappa shape index (κ1) is 18.8. The zero-order chi connectivity index (χ0) is 18.1. The summed E-state index contributed by atoms with van der Waals surface area (Å²) in [6.45, 7) is 5.55. The molecule has 25 heavy (non-hydrogen) atoms. The molecule has 0 aliphatic carbocycles. The molecular weight excluding hydrogens is 318 g/mol. The summed E-state index contributed by atoms with van der Waals surface area (Å²) in [5, 5.41) is 11.7. The Bertz CT molecular complexity index is 644. The molecule has 0 saturated carbocycles. The van der Waals surface area contributed by atoms with Crippen LogP contribution >= 0.6 is 0 Å². The molecule has 1 saturated heterocycles. The fraction of sp³-hybridized carbons (Fsp3) is 0.474. The van der Waals surface area contributed by atoms with Crippen LogP contribution in [0.3, 0.4) is 0 Å². The first-order valence-corrected chi connectivity index (χ1v) is 8.66. The number of hydrogen-bond donors (Lipinski definition) is 2. The van der Waals surface area contributed by atoms with Crippen molar-refractivity contribution in [2.75, 3.05) is 33.4 Å². The van der Waals surface area contributed by atoms with Crippen LogP contribution < -0.4 is 19.7 Å². The minimum absolute atomic E-state index is 0.0352. The number of carbonyl (C=O) groups excluding carboxylic acids is 1. The van der Waals surface area contributed by atoms with Gasteiger partial charge in [-0.3, -0.25) is 4.79 Å². The van der Waals surface area contributed by atoms with Crippen molar-refractivity contribution in [2.45, 2.75) is 25.8 Å². The monoisotopic (exact) mass is 344 g/mol. The lowest BCUT2D eigenvalue weighted by atomic mass is 10.1. The van der Waals surface area contributed by atoms with Gasteiger partial charge in [-0.1, -0.05) is 6.07 Å². The quantitative estimate of drug-likeness (QED) is 0.717. The summed E-state index contributed by atoms with van der Waals surface area (Å²) in [6, 6.07) is 7.52. The highest BCUT2D eigenvalue weighted by molar-refractivity contribution is 5.92. The predicted molar refractivity (Wildman–Crippen MR) is 95.5 cm³/mol. The van der Waals surface area contributed by atoms with Crippen LogP contribution in [0.1, 0.15) is 25.3 Å². The van der Waals surface area contributed by atoms with Crippen LogP contribution in [0.4, 0.5) is 0 Å². The minimum Gasteiger partial charge on any atom is -0.493 e. The lowest BCUT2D eigenvalue weighted by Gasteiger charge is -2.28. The van der Waals surface area contributed by atoms with Crippen molar-refractivity contribution in [3.63, 3.8) is 0 Å². The Labute approximate surface area is 149 Å². The van der Waals surface area contributed by atoms with Crippen LogP contribution in [-0.2, 0) is 4.79 Å². The van der Waals surface area contributed by atoms with E-state index >= 15 is 0 Å². The Morgan fingerprint density at radius 3 is 2.80 bits per heavy atom. The van der Waals surface area contributed by atoms with Crippen LogP contribution in [0.25, 0.3) is 6.08 Å². The predicted octanol–water partition coefficient (Wildman–Crippen LogP) is 0.794. The number of nitrogens with one attached hydrogen (secondary N) is 2. The number of nitriles is 1. The standard InChI is InChI=1S/C19H25N3O3/c1-3-22-11-8-16(9-12-22)21-19(23)7-5-15-4-6-17(25-13-10-20)18(14-15)24-2/h4-7,14,16H,3,8-9,11-13H2,1-2H3,(H,21,23)/p+1/b7-5+. The summed E-state index contributed by atoms with van der Waals surface area (Å²) in [6.07, 6.45) is 5.35. The van der Waals surface area contributed by atoms with Crippen molar-refractivity contribution in [1.29, 1.82) is 5.26 Å². The molecule has 6 nitrogen and oxygen atoms in total. The summed E-state index contributed by atoms with van der Waals surface area (Å²) in [5.74, 6) is 0.970. The third-order valence-electron chi connectivity index (χ3n) is 4.45. The summed E-state index contributed by atoms with van der Waals surface area (Å²) in [5.41, 5.74) is 0.835. The topological polar surface area (TPSA) is 75.8 Å². The number of quaternary nitrogens is 1. The van der Waals surface area contributed by atoms with Crippen LogP contribution in [0, 0.1) is 11.3 Å². The van der Waals surface area contributed by atoms with Gasteiger partial charge in [-0.05, 0) is 30.7 Å². The zero-order valence-corrected chi connectivity index (χ0v) is 14.9. The first-order chi connectivity index (χ1) is 12.2. The Morgan fingerprint density at radius 2 is 2.16 bits per heavy atom. The molecule has 1 amide bonds. The number of amides is 1. The molecule has 1 aromatic carbocycles. The van der Waals surface area contributed by atoms with Gasteiger partial charge < -0.3 is 19.7 Å². The molecule has 1 aliphatic heterocycles. The molecule has 0 bridgehead atoms. The molecule has 1 aromatic rings. The molecule has 0 spiro atoms. The molecule has 6 heteroatoms. The number of likely N-dealkylation sites (tertiary alicyclic amines) is 1. The maximum Gasteiger partial charge on any atom is 0.244 e. The van der Waals surface area contributed by atoms with Gasteiger partial charge in [0.2, 0.25) is 5.91 Å². The normalized spacial score (nSPS) is 20.0. The Balaban J connectivity index is 1.90. The molecule has 1 aliphatic rings. The Hall–Kier alpha value is -2.52. The highest BCUT2D eigenvalue weighted by Crippen LogP contribution is 2.28. The SMILES string of the molecule is CC[NH+]1CCC(NC(=O)/C=C/c2ccc(OCC#N)c(OC)c2)CC1. The van der Waals surface area contributed by atoms with Gasteiger partial charge >= 0.3 is 0 Å². The van der Waals surface area contributed by atoms with Gasteiger partial charge in [0.1, 0.15) is 6.07 Å². The number of carbonyl (C=O) groups is 1. The van der Waals surface area contributed by atoms with Crippen LogP contribution in [0.2, 0.25) is 0 Å². The molecule has 134 valence electrons. The molecule has 2 N–H and O–H groups in total. The van der Waals surface area contributed by atoms with Gasteiger partial charge in [-0.2, -0.15) is 5.26 Å². The fourth-order valence-electron chi connectivity index (χ4n) is 2.96. The largest absolute Gasteiger partial charge is 0.493 e. The van der Waals surface area contributed by atoms with E-state index in [4.69, 9.17) is 14.7 Å². The molecule has 0 atom stereocenters. The zero-order valence-electron chi connectivity index (χ0n) is 14.9. The van der Waals surface area contributed by atoms with Gasteiger partial charge in [0, 0.05) is 25.0 Å². The number of nitrogens with zero attached hydrogens (tertiary/aromatic N) is 1. The number of piperidine rings is 1. The second kappa shape index (κ2) is 9.70. The maximum atomic E-state index is 12.1. The molecular formula is C19H26N3O3+. The summed E-state index contributed by atoms with van der Waals surface area (Å²) in [7, 11) is 1.54. The lowest BCUT2D eigenvalue weighted by molar-refractivity contribution is -0.903. The van der Waals surface area contributed by atoms with Crippen LogP contribution in [-0.4, -0.2) is 45.3 Å². The van der Waals surface area contributed by atoms with Crippen molar-refractivity contribution in [3.05, 3.63) is 29.8 Å². The minimum atomic E-state index is -0.0753. The molecule has 0 aromatic heterocycles. The van der Waals surface area contributed by atoms with Gasteiger partial charge in [-0.25, -0.2) is 0 Å². The summed E-state index contributed by atoms with van der Waals surface area (Å²) in [4.78, 5) is 13.7. The number of benzene rings is 1. The second-order valence-corrected chi connectivity index (χ2v) is 6.08. The summed E-state index contributed by atoms with van der Waals surface area (Å²) >= 11 is 0. The molecule has 2 rings (SSSR count). The maximum absolute atomic E-state index is 12.1. The number of hydrogen-bond acceptors (Lipinski definition) is 4. The van der Waals surface area contributed by atoms with E-state index < -0.39 is 0 Å². The number of methoxy groups -OCH3 is 1.